The Morgan fingerprint density at radius 1 is 1.31 bits per heavy atom. The average Bonchev–Trinajstić information content (AvgIpc) is 3.33. The second-order valence-corrected chi connectivity index (χ2v) is 7.88. The summed E-state index contributed by atoms with van der Waals surface area (Å²) >= 11 is 0. The van der Waals surface area contributed by atoms with Gasteiger partial charge in [-0.3, -0.25) is 14.3 Å². The summed E-state index contributed by atoms with van der Waals surface area (Å²) in [7, 11) is 1.40. The van der Waals surface area contributed by atoms with Crippen LogP contribution in [0.2, 0.25) is 0 Å². The van der Waals surface area contributed by atoms with Gasteiger partial charge in [0.2, 0.25) is 11.9 Å². The number of anilines is 4. The van der Waals surface area contributed by atoms with Gasteiger partial charge in [-0.1, -0.05) is 12.6 Å². The number of likely N-dealkylation sites (tertiary alicyclic amines) is 1. The van der Waals surface area contributed by atoms with E-state index in [2.05, 4.69) is 32.3 Å². The number of methoxy groups -OCH3 is 1. The fourth-order valence-electron chi connectivity index (χ4n) is 3.86. The molecule has 1 aliphatic heterocycles. The number of rotatable bonds is 8. The lowest BCUT2D eigenvalue weighted by Gasteiger charge is -2.32. The second kappa shape index (κ2) is 10.2. The molecule has 3 aromatic rings. The summed E-state index contributed by atoms with van der Waals surface area (Å²) in [6.07, 6.45) is 7.69. The Labute approximate surface area is 200 Å². The molecule has 1 atom stereocenters. The van der Waals surface area contributed by atoms with Crippen LogP contribution in [0.3, 0.4) is 0 Å². The summed E-state index contributed by atoms with van der Waals surface area (Å²) in [4.78, 5) is 34.1. The highest BCUT2D eigenvalue weighted by molar-refractivity contribution is 5.98. The van der Waals surface area contributed by atoms with Crippen molar-refractivity contribution in [2.75, 3.05) is 30.8 Å². The summed E-state index contributed by atoms with van der Waals surface area (Å²) in [5.41, 5.74) is 6.03. The zero-order valence-electron chi connectivity index (χ0n) is 19.1. The summed E-state index contributed by atoms with van der Waals surface area (Å²) < 4.78 is 21.4. The molecule has 1 aliphatic rings. The number of piperidine rings is 1. The maximum absolute atomic E-state index is 14.4. The molecule has 0 spiro atoms. The van der Waals surface area contributed by atoms with Crippen molar-refractivity contribution in [1.29, 1.82) is 0 Å². The molecule has 35 heavy (non-hydrogen) atoms. The smallest absolute Gasteiger partial charge is 0.254 e. The fourth-order valence-corrected chi connectivity index (χ4v) is 3.86. The molecule has 4 rings (SSSR count). The summed E-state index contributed by atoms with van der Waals surface area (Å²) in [6, 6.07) is 4.34. The number of hydrogen-bond donors (Lipinski definition) is 3. The number of nitrogens with zero attached hydrogens (tertiary/aromatic N) is 5. The van der Waals surface area contributed by atoms with Crippen LogP contribution in [0.25, 0.3) is 0 Å². The van der Waals surface area contributed by atoms with Crippen LogP contribution in [0.15, 0.2) is 49.4 Å². The van der Waals surface area contributed by atoms with E-state index in [1.807, 2.05) is 0 Å². The van der Waals surface area contributed by atoms with Gasteiger partial charge in [0, 0.05) is 25.5 Å². The van der Waals surface area contributed by atoms with Crippen molar-refractivity contribution in [1.82, 2.24) is 24.6 Å². The van der Waals surface area contributed by atoms with Gasteiger partial charge < -0.3 is 26.0 Å². The van der Waals surface area contributed by atoms with Gasteiger partial charge in [0.1, 0.15) is 22.8 Å². The van der Waals surface area contributed by atoms with Crippen molar-refractivity contribution >= 4 is 35.0 Å². The maximum Gasteiger partial charge on any atom is 0.254 e. The van der Waals surface area contributed by atoms with Gasteiger partial charge >= 0.3 is 0 Å². The number of aromatic nitrogens is 4. The Morgan fingerprint density at radius 3 is 2.89 bits per heavy atom. The van der Waals surface area contributed by atoms with Crippen LogP contribution in [0.5, 0.6) is 5.75 Å². The van der Waals surface area contributed by atoms with Crippen LogP contribution < -0.4 is 21.1 Å². The molecule has 3 heterocycles. The number of benzene rings is 1. The lowest BCUT2D eigenvalue weighted by Crippen LogP contribution is -2.39. The molecule has 11 nitrogen and oxygen atoms in total. The van der Waals surface area contributed by atoms with Crippen LogP contribution in [0.1, 0.15) is 29.2 Å². The van der Waals surface area contributed by atoms with E-state index >= 15 is 0 Å². The van der Waals surface area contributed by atoms with E-state index in [1.165, 1.54) is 31.5 Å². The van der Waals surface area contributed by atoms with E-state index < -0.39 is 11.7 Å². The van der Waals surface area contributed by atoms with E-state index in [0.29, 0.717) is 18.8 Å². The Kier molecular flexibility index (Phi) is 6.90. The Bertz CT molecular complexity index is 1260. The van der Waals surface area contributed by atoms with Gasteiger partial charge in [-0.05, 0) is 31.1 Å². The number of carbonyl (C=O) groups excluding carboxylic acids is 2. The Balaban J connectivity index is 1.55. The van der Waals surface area contributed by atoms with E-state index in [-0.39, 0.29) is 40.7 Å². The van der Waals surface area contributed by atoms with Crippen LogP contribution in [0.4, 0.5) is 27.5 Å². The fraction of sp³-hybridized carbons (Fsp3) is 0.261. The number of carbonyl (C=O) groups is 2. The molecule has 2 aromatic heterocycles. The van der Waals surface area contributed by atoms with Gasteiger partial charge in [-0.2, -0.15) is 10.1 Å². The van der Waals surface area contributed by atoms with Crippen molar-refractivity contribution < 1.29 is 18.7 Å². The molecule has 0 radical (unpaired) electrons. The van der Waals surface area contributed by atoms with Gasteiger partial charge in [0.25, 0.3) is 5.91 Å². The number of amides is 2. The minimum absolute atomic E-state index is 0.00546. The number of ether oxygens (including phenoxy) is 1. The van der Waals surface area contributed by atoms with Crippen molar-refractivity contribution in [2.24, 2.45) is 5.73 Å². The van der Waals surface area contributed by atoms with Crippen molar-refractivity contribution in [3.8, 4) is 5.75 Å². The molecular weight excluding hydrogens is 455 g/mol. The summed E-state index contributed by atoms with van der Waals surface area (Å²) in [5.74, 6) is -1.10. The van der Waals surface area contributed by atoms with Crippen molar-refractivity contribution in [3.63, 3.8) is 0 Å². The lowest BCUT2D eigenvalue weighted by atomic mass is 10.1. The number of hydrogen-bond acceptors (Lipinski definition) is 8. The van der Waals surface area contributed by atoms with Crippen molar-refractivity contribution in [2.45, 2.75) is 18.9 Å². The first kappa shape index (κ1) is 23.7. The minimum Gasteiger partial charge on any atom is -0.494 e. The molecular formula is C23H25FN8O3. The zero-order chi connectivity index (χ0) is 24.9. The normalized spacial score (nSPS) is 15.4. The molecule has 0 bridgehead atoms. The van der Waals surface area contributed by atoms with Gasteiger partial charge in [-0.25, -0.2) is 9.37 Å². The number of primary amides is 1. The minimum atomic E-state index is -0.780. The monoisotopic (exact) mass is 480 g/mol. The number of nitrogens with one attached hydrogen (secondary N) is 2. The third-order valence-corrected chi connectivity index (χ3v) is 5.61. The predicted molar refractivity (Wildman–Crippen MR) is 127 cm³/mol. The van der Waals surface area contributed by atoms with Crippen LogP contribution in [-0.2, 0) is 4.79 Å². The third kappa shape index (κ3) is 5.21. The number of para-hydroxylation sites is 1. The Morgan fingerprint density at radius 2 is 2.14 bits per heavy atom. The van der Waals surface area contributed by atoms with E-state index in [0.717, 1.165) is 12.8 Å². The SMILES string of the molecule is C=CC(=O)N1CCC[C@@H](n2cc(Nc3ncc(C(N)=O)c(Nc4c(F)cccc4OC)n3)cn2)C1. The Hall–Kier alpha value is -4.48. The first-order valence-corrected chi connectivity index (χ1v) is 10.9. The number of halogens is 1. The molecule has 182 valence electrons. The van der Waals surface area contributed by atoms with Gasteiger partial charge in [0.05, 0.1) is 25.0 Å². The molecule has 0 unspecified atom stereocenters. The van der Waals surface area contributed by atoms with E-state index in [4.69, 9.17) is 10.5 Å². The molecule has 1 saturated heterocycles. The van der Waals surface area contributed by atoms with Gasteiger partial charge in [0.15, 0.2) is 5.82 Å². The zero-order valence-corrected chi connectivity index (χ0v) is 19.1. The predicted octanol–water partition coefficient (Wildman–Crippen LogP) is 2.76. The van der Waals surface area contributed by atoms with Gasteiger partial charge in [-0.15, -0.1) is 0 Å². The second-order valence-electron chi connectivity index (χ2n) is 7.88. The summed E-state index contributed by atoms with van der Waals surface area (Å²) in [5, 5.41) is 10.2. The maximum atomic E-state index is 14.4. The number of nitrogens with two attached hydrogens (primary N) is 1. The molecule has 12 heteroatoms. The van der Waals surface area contributed by atoms with E-state index in [9.17, 15) is 14.0 Å². The molecule has 0 aliphatic carbocycles. The standard InChI is InChI=1S/C23H25FN8O3/c1-3-19(33)31-9-5-6-15(13-31)32-12-14(10-27-32)28-23-26-11-16(21(25)34)22(30-23)29-20-17(24)7-4-8-18(20)35-2/h3-4,7-8,10-12,15H,1,5-6,9,13H2,2H3,(H2,25,34)(H2,26,28,29,30)/t15-/m1/s1. The first-order chi connectivity index (χ1) is 16.9. The first-order valence-electron chi connectivity index (χ1n) is 10.9. The molecule has 4 N–H and O–H groups in total. The lowest BCUT2D eigenvalue weighted by molar-refractivity contribution is -0.127. The van der Waals surface area contributed by atoms with E-state index in [1.54, 1.807) is 28.0 Å². The summed E-state index contributed by atoms with van der Waals surface area (Å²) in [6.45, 7) is 4.78. The highest BCUT2D eigenvalue weighted by atomic mass is 19.1. The third-order valence-electron chi connectivity index (χ3n) is 5.61. The molecule has 0 saturated carbocycles. The van der Waals surface area contributed by atoms with Crippen LogP contribution in [0, 0.1) is 5.82 Å². The molecule has 2 amide bonds. The molecule has 1 fully saturated rings. The van der Waals surface area contributed by atoms with Crippen LogP contribution in [-0.4, -0.2) is 56.7 Å². The molecule has 1 aromatic carbocycles. The largest absolute Gasteiger partial charge is 0.494 e. The quantitative estimate of drug-likeness (QED) is 0.418. The highest BCUT2D eigenvalue weighted by Gasteiger charge is 2.24. The topological polar surface area (TPSA) is 140 Å². The average molecular weight is 481 g/mol. The highest BCUT2D eigenvalue weighted by Crippen LogP contribution is 2.31. The van der Waals surface area contributed by atoms with Crippen molar-refractivity contribution in [3.05, 3.63) is 60.8 Å². The van der Waals surface area contributed by atoms with Crippen LogP contribution >= 0.6 is 0 Å².